The molecule has 0 N–H and O–H groups in total. The van der Waals surface area contributed by atoms with Crippen LogP contribution in [0.25, 0.3) is 0 Å². The van der Waals surface area contributed by atoms with E-state index in [0.717, 1.165) is 30.4 Å². The van der Waals surface area contributed by atoms with Gasteiger partial charge in [-0.2, -0.15) is 0 Å². The molecule has 1 aliphatic heterocycles. The van der Waals surface area contributed by atoms with Gasteiger partial charge in [0.2, 0.25) is 11.8 Å². The summed E-state index contributed by atoms with van der Waals surface area (Å²) in [6, 6.07) is 12.1. The molecule has 4 rings (SSSR count). The lowest BCUT2D eigenvalue weighted by molar-refractivity contribution is -0.122. The molecule has 2 fully saturated rings. The number of aryl methyl sites for hydroxylation is 1. The number of nitrogens with zero attached hydrogens (tertiary/aromatic N) is 1. The van der Waals surface area contributed by atoms with Gasteiger partial charge in [-0.15, -0.1) is 0 Å². The Morgan fingerprint density at radius 3 is 2.38 bits per heavy atom. The maximum atomic E-state index is 12.8. The lowest BCUT2D eigenvalue weighted by atomic mass is 9.76. The minimum Gasteiger partial charge on any atom is -0.423 e. The predicted octanol–water partition coefficient (Wildman–Crippen LogP) is 4.45. The first-order valence-corrected chi connectivity index (χ1v) is 10.1. The molecule has 2 aromatic rings. The van der Waals surface area contributed by atoms with Gasteiger partial charge in [-0.1, -0.05) is 19.1 Å². The molecule has 2 aliphatic rings. The van der Waals surface area contributed by atoms with E-state index in [1.807, 2.05) is 26.0 Å². The van der Waals surface area contributed by atoms with Crippen LogP contribution in [0.15, 0.2) is 42.5 Å². The molecule has 5 heteroatoms. The minimum absolute atomic E-state index is 0.113. The Hall–Kier alpha value is -2.95. The van der Waals surface area contributed by atoms with E-state index in [4.69, 9.17) is 4.74 Å². The van der Waals surface area contributed by atoms with Gasteiger partial charge in [-0.25, -0.2) is 4.79 Å². The van der Waals surface area contributed by atoms with E-state index in [1.54, 1.807) is 30.3 Å². The molecule has 1 aliphatic carbocycles. The average Bonchev–Trinajstić information content (AvgIpc) is 2.95. The van der Waals surface area contributed by atoms with Crippen LogP contribution >= 0.6 is 0 Å². The summed E-state index contributed by atoms with van der Waals surface area (Å²) < 4.78 is 5.52. The van der Waals surface area contributed by atoms with E-state index in [2.05, 4.69) is 6.92 Å². The van der Waals surface area contributed by atoms with Gasteiger partial charge in [-0.3, -0.25) is 14.5 Å². The van der Waals surface area contributed by atoms with E-state index < -0.39 is 5.97 Å². The second-order valence-electron chi connectivity index (χ2n) is 8.28. The van der Waals surface area contributed by atoms with E-state index in [9.17, 15) is 14.4 Å². The zero-order valence-corrected chi connectivity index (χ0v) is 17.0. The van der Waals surface area contributed by atoms with E-state index in [-0.39, 0.29) is 23.7 Å². The van der Waals surface area contributed by atoms with Crippen LogP contribution in [0.1, 0.15) is 47.7 Å². The van der Waals surface area contributed by atoms with E-state index in [1.165, 1.54) is 4.90 Å². The van der Waals surface area contributed by atoms with Crippen LogP contribution in [0.2, 0.25) is 0 Å². The van der Waals surface area contributed by atoms with Crippen LogP contribution in [-0.2, 0) is 9.59 Å². The first kappa shape index (κ1) is 19.4. The SMILES string of the molecule is Cc1cccc(OC(=O)c2ccc(N3C(=O)[C@H]4CC[C@@H](C)C[C@H]4C3=O)cc2)c1C. The minimum atomic E-state index is -0.466. The van der Waals surface area contributed by atoms with Crippen LogP contribution < -0.4 is 9.64 Å². The van der Waals surface area contributed by atoms with Crippen LogP contribution in [0.3, 0.4) is 0 Å². The van der Waals surface area contributed by atoms with Crippen molar-refractivity contribution in [3.8, 4) is 5.75 Å². The number of carbonyl (C=O) groups is 3. The molecule has 5 nitrogen and oxygen atoms in total. The molecule has 150 valence electrons. The molecule has 1 heterocycles. The van der Waals surface area contributed by atoms with Gasteiger partial charge in [0, 0.05) is 0 Å². The number of ether oxygens (including phenoxy) is 1. The van der Waals surface area contributed by atoms with Gasteiger partial charge in [0.05, 0.1) is 23.1 Å². The summed E-state index contributed by atoms with van der Waals surface area (Å²) in [5, 5.41) is 0. The van der Waals surface area contributed by atoms with Crippen LogP contribution in [-0.4, -0.2) is 17.8 Å². The van der Waals surface area contributed by atoms with Crippen LogP contribution in [0.4, 0.5) is 5.69 Å². The summed E-state index contributed by atoms with van der Waals surface area (Å²) in [5.41, 5.74) is 2.86. The molecular weight excluding hydrogens is 366 g/mol. The van der Waals surface area contributed by atoms with Crippen molar-refractivity contribution >= 4 is 23.5 Å². The highest BCUT2D eigenvalue weighted by Gasteiger charge is 2.49. The molecule has 0 spiro atoms. The Kier molecular flexibility index (Phi) is 4.99. The molecular formula is C24H25NO4. The number of esters is 1. The van der Waals surface area contributed by atoms with Crippen LogP contribution in [0, 0.1) is 31.6 Å². The highest BCUT2D eigenvalue weighted by molar-refractivity contribution is 6.22. The summed E-state index contributed by atoms with van der Waals surface area (Å²) >= 11 is 0. The Morgan fingerprint density at radius 1 is 0.966 bits per heavy atom. The quantitative estimate of drug-likeness (QED) is 0.441. The monoisotopic (exact) mass is 391 g/mol. The molecule has 3 atom stereocenters. The zero-order chi connectivity index (χ0) is 20.7. The zero-order valence-electron chi connectivity index (χ0n) is 17.0. The van der Waals surface area contributed by atoms with Crippen molar-refractivity contribution in [2.75, 3.05) is 4.90 Å². The third-order valence-corrected chi connectivity index (χ3v) is 6.31. The highest BCUT2D eigenvalue weighted by Crippen LogP contribution is 2.42. The highest BCUT2D eigenvalue weighted by atomic mass is 16.5. The summed E-state index contributed by atoms with van der Waals surface area (Å²) in [4.78, 5) is 39.4. The van der Waals surface area contributed by atoms with E-state index >= 15 is 0 Å². The van der Waals surface area contributed by atoms with Gasteiger partial charge in [0.1, 0.15) is 5.75 Å². The Bertz CT molecular complexity index is 979. The Labute approximate surface area is 170 Å². The third-order valence-electron chi connectivity index (χ3n) is 6.31. The molecule has 0 bridgehead atoms. The van der Waals surface area contributed by atoms with Crippen molar-refractivity contribution < 1.29 is 19.1 Å². The molecule has 2 aromatic carbocycles. The van der Waals surface area contributed by atoms with Crippen molar-refractivity contribution in [3.63, 3.8) is 0 Å². The number of hydrogen-bond donors (Lipinski definition) is 0. The first-order chi connectivity index (χ1) is 13.9. The van der Waals surface area contributed by atoms with E-state index in [0.29, 0.717) is 22.9 Å². The van der Waals surface area contributed by atoms with Gasteiger partial charge < -0.3 is 4.74 Å². The van der Waals surface area contributed by atoms with Crippen LogP contribution in [0.5, 0.6) is 5.75 Å². The maximum absolute atomic E-state index is 12.8. The standard InChI is InChI=1S/C24H25NO4/c1-14-7-12-19-20(13-14)23(27)25(22(19)26)18-10-8-17(9-11-18)24(28)29-21-6-4-5-15(2)16(21)3/h4-6,8-11,14,19-20H,7,12-13H2,1-3H3/t14-,19+,20-/m1/s1. The van der Waals surface area contributed by atoms with Gasteiger partial charge in [-0.05, 0) is 80.5 Å². The summed E-state index contributed by atoms with van der Waals surface area (Å²) in [6.45, 7) is 6.00. The second-order valence-corrected chi connectivity index (χ2v) is 8.28. The fraction of sp³-hybridized carbons (Fsp3) is 0.375. The summed E-state index contributed by atoms with van der Waals surface area (Å²) in [5.74, 6) is -0.105. The second kappa shape index (κ2) is 7.47. The lowest BCUT2D eigenvalue weighted by Crippen LogP contribution is -2.30. The number of benzene rings is 2. The Morgan fingerprint density at radius 2 is 1.66 bits per heavy atom. The molecule has 29 heavy (non-hydrogen) atoms. The predicted molar refractivity (Wildman–Crippen MR) is 110 cm³/mol. The van der Waals surface area contributed by atoms with Gasteiger partial charge in [0.25, 0.3) is 0 Å². The fourth-order valence-electron chi connectivity index (χ4n) is 4.38. The maximum Gasteiger partial charge on any atom is 0.343 e. The smallest absolute Gasteiger partial charge is 0.343 e. The number of hydrogen-bond acceptors (Lipinski definition) is 4. The largest absolute Gasteiger partial charge is 0.423 e. The lowest BCUT2D eigenvalue weighted by Gasteiger charge is -2.25. The molecule has 0 aromatic heterocycles. The molecule has 0 unspecified atom stereocenters. The number of carbonyl (C=O) groups excluding carboxylic acids is 3. The van der Waals surface area contributed by atoms with Gasteiger partial charge >= 0.3 is 5.97 Å². The normalized spacial score (nSPS) is 23.8. The van der Waals surface area contributed by atoms with Crippen molar-refractivity contribution in [3.05, 3.63) is 59.2 Å². The van der Waals surface area contributed by atoms with Gasteiger partial charge in [0.15, 0.2) is 0 Å². The molecule has 2 amide bonds. The number of imide groups is 1. The summed E-state index contributed by atoms with van der Waals surface area (Å²) in [6.07, 6.45) is 2.52. The van der Waals surface area contributed by atoms with Crippen molar-refractivity contribution in [2.45, 2.75) is 40.0 Å². The molecule has 0 radical (unpaired) electrons. The fourth-order valence-corrected chi connectivity index (χ4v) is 4.38. The molecule has 1 saturated heterocycles. The number of anilines is 1. The topological polar surface area (TPSA) is 63.7 Å². The van der Waals surface area contributed by atoms with Crippen molar-refractivity contribution in [2.24, 2.45) is 17.8 Å². The number of rotatable bonds is 3. The van der Waals surface area contributed by atoms with Crippen molar-refractivity contribution in [1.82, 2.24) is 0 Å². The molecule has 1 saturated carbocycles. The summed E-state index contributed by atoms with van der Waals surface area (Å²) in [7, 11) is 0. The third kappa shape index (κ3) is 3.46. The van der Waals surface area contributed by atoms with Crippen molar-refractivity contribution in [1.29, 1.82) is 0 Å². The number of fused-ring (bicyclic) bond motifs is 1. The Balaban J connectivity index is 1.52. The number of amides is 2. The first-order valence-electron chi connectivity index (χ1n) is 10.1. The average molecular weight is 391 g/mol.